The van der Waals surface area contributed by atoms with Gasteiger partial charge >= 0.3 is 0 Å². The molecule has 2 rings (SSSR count). The first-order valence-corrected chi connectivity index (χ1v) is 7.70. The molecule has 0 heteroatoms. The lowest BCUT2D eigenvalue weighted by Gasteiger charge is -2.43. The molecule has 4 atom stereocenters. The average molecular weight is 222 g/mol. The Morgan fingerprint density at radius 2 is 1.31 bits per heavy atom. The Kier molecular flexibility index (Phi) is 4.33. The molecule has 0 N–H and O–H groups in total. The monoisotopic (exact) mass is 222 g/mol. The van der Waals surface area contributed by atoms with Crippen molar-refractivity contribution in [2.24, 2.45) is 29.6 Å². The van der Waals surface area contributed by atoms with Crippen molar-refractivity contribution in [3.63, 3.8) is 0 Å². The third-order valence-corrected chi connectivity index (χ3v) is 5.46. The Morgan fingerprint density at radius 3 is 1.94 bits per heavy atom. The molecule has 16 heavy (non-hydrogen) atoms. The van der Waals surface area contributed by atoms with E-state index in [9.17, 15) is 0 Å². The predicted molar refractivity (Wildman–Crippen MR) is 71.4 cm³/mol. The van der Waals surface area contributed by atoms with Crippen molar-refractivity contribution in [1.82, 2.24) is 0 Å². The van der Waals surface area contributed by atoms with Gasteiger partial charge in [0.2, 0.25) is 0 Å². The molecule has 0 heterocycles. The Balaban J connectivity index is 2.03. The van der Waals surface area contributed by atoms with E-state index >= 15 is 0 Å². The average Bonchev–Trinajstić information content (AvgIpc) is 2.29. The Morgan fingerprint density at radius 1 is 0.750 bits per heavy atom. The molecule has 0 aromatic heterocycles. The number of hydrogen-bond acceptors (Lipinski definition) is 0. The molecule has 0 aromatic carbocycles. The standard InChI is InChI=1S/C16H30/c1-12(2)14-9-6-7-11-16(14)15-10-5-4-8-13(15)3/h12-16H,4-11H2,1-3H3. The van der Waals surface area contributed by atoms with Gasteiger partial charge in [-0.15, -0.1) is 0 Å². The van der Waals surface area contributed by atoms with Crippen LogP contribution in [0.25, 0.3) is 0 Å². The molecule has 4 unspecified atom stereocenters. The first kappa shape index (κ1) is 12.5. The van der Waals surface area contributed by atoms with Crippen LogP contribution in [0, 0.1) is 29.6 Å². The van der Waals surface area contributed by atoms with E-state index in [0.29, 0.717) is 0 Å². The quantitative estimate of drug-likeness (QED) is 0.596. The molecule has 0 bridgehead atoms. The van der Waals surface area contributed by atoms with Crippen LogP contribution in [0.15, 0.2) is 0 Å². The van der Waals surface area contributed by atoms with Crippen LogP contribution in [-0.2, 0) is 0 Å². The van der Waals surface area contributed by atoms with Crippen LogP contribution in [0.3, 0.4) is 0 Å². The summed E-state index contributed by atoms with van der Waals surface area (Å²) >= 11 is 0. The molecular formula is C16H30. The van der Waals surface area contributed by atoms with Crippen LogP contribution in [0.1, 0.15) is 72.1 Å². The molecule has 2 aliphatic carbocycles. The highest BCUT2D eigenvalue weighted by atomic mass is 14.4. The van der Waals surface area contributed by atoms with Crippen LogP contribution in [0.4, 0.5) is 0 Å². The second-order valence-corrected chi connectivity index (χ2v) is 6.78. The van der Waals surface area contributed by atoms with Gasteiger partial charge in [0, 0.05) is 0 Å². The summed E-state index contributed by atoms with van der Waals surface area (Å²) in [6.07, 6.45) is 12.1. The summed E-state index contributed by atoms with van der Waals surface area (Å²) < 4.78 is 0. The maximum absolute atomic E-state index is 2.52. The van der Waals surface area contributed by atoms with E-state index in [0.717, 1.165) is 29.6 Å². The van der Waals surface area contributed by atoms with E-state index in [1.807, 2.05) is 0 Å². The van der Waals surface area contributed by atoms with Gasteiger partial charge in [-0.2, -0.15) is 0 Å². The SMILES string of the molecule is CC(C)C1CCCCC1C1CCCCC1C. The van der Waals surface area contributed by atoms with Crippen molar-refractivity contribution in [2.75, 3.05) is 0 Å². The smallest absolute Gasteiger partial charge is 0.0352 e. The summed E-state index contributed by atoms with van der Waals surface area (Å²) in [6.45, 7) is 7.43. The Labute approximate surface area is 102 Å². The topological polar surface area (TPSA) is 0 Å². The van der Waals surface area contributed by atoms with Crippen molar-refractivity contribution in [3.8, 4) is 0 Å². The minimum Gasteiger partial charge on any atom is -0.0625 e. The molecule has 0 aliphatic heterocycles. The zero-order valence-electron chi connectivity index (χ0n) is 11.5. The molecule has 0 radical (unpaired) electrons. The molecule has 2 aliphatic rings. The minimum atomic E-state index is 0.916. The first-order chi connectivity index (χ1) is 7.70. The summed E-state index contributed by atoms with van der Waals surface area (Å²) in [5, 5.41) is 0. The molecular weight excluding hydrogens is 192 g/mol. The molecule has 0 amide bonds. The minimum absolute atomic E-state index is 0.916. The molecule has 0 nitrogen and oxygen atoms in total. The molecule has 2 fully saturated rings. The molecule has 94 valence electrons. The fourth-order valence-electron chi connectivity index (χ4n) is 4.53. The predicted octanol–water partition coefficient (Wildman–Crippen LogP) is 5.28. The van der Waals surface area contributed by atoms with Crippen LogP contribution in [0.5, 0.6) is 0 Å². The zero-order valence-corrected chi connectivity index (χ0v) is 11.5. The van der Waals surface area contributed by atoms with Crippen LogP contribution < -0.4 is 0 Å². The summed E-state index contributed by atoms with van der Waals surface area (Å²) in [7, 11) is 0. The summed E-state index contributed by atoms with van der Waals surface area (Å²) in [4.78, 5) is 0. The molecule has 0 spiro atoms. The van der Waals surface area contributed by atoms with E-state index in [1.54, 1.807) is 0 Å². The van der Waals surface area contributed by atoms with Crippen LogP contribution >= 0.6 is 0 Å². The van der Waals surface area contributed by atoms with Gasteiger partial charge in [-0.1, -0.05) is 52.9 Å². The van der Waals surface area contributed by atoms with Gasteiger partial charge in [-0.05, 0) is 48.9 Å². The second kappa shape index (κ2) is 5.56. The fourth-order valence-corrected chi connectivity index (χ4v) is 4.53. The maximum Gasteiger partial charge on any atom is -0.0352 e. The summed E-state index contributed by atoms with van der Waals surface area (Å²) in [6, 6.07) is 0. The summed E-state index contributed by atoms with van der Waals surface area (Å²) in [5.74, 6) is 5.11. The fraction of sp³-hybridized carbons (Fsp3) is 1.00. The van der Waals surface area contributed by atoms with E-state index in [2.05, 4.69) is 20.8 Å². The van der Waals surface area contributed by atoms with Gasteiger partial charge in [0.05, 0.1) is 0 Å². The van der Waals surface area contributed by atoms with E-state index in [-0.39, 0.29) is 0 Å². The maximum atomic E-state index is 2.52. The van der Waals surface area contributed by atoms with Gasteiger partial charge in [-0.25, -0.2) is 0 Å². The Bertz CT molecular complexity index is 206. The van der Waals surface area contributed by atoms with Crippen LogP contribution in [-0.4, -0.2) is 0 Å². The van der Waals surface area contributed by atoms with E-state index < -0.39 is 0 Å². The zero-order chi connectivity index (χ0) is 11.5. The normalized spacial score (nSPS) is 41.2. The number of rotatable bonds is 2. The highest BCUT2D eigenvalue weighted by Gasteiger charge is 2.36. The van der Waals surface area contributed by atoms with Crippen molar-refractivity contribution in [2.45, 2.75) is 72.1 Å². The van der Waals surface area contributed by atoms with Crippen molar-refractivity contribution in [3.05, 3.63) is 0 Å². The van der Waals surface area contributed by atoms with Gasteiger partial charge in [0.25, 0.3) is 0 Å². The van der Waals surface area contributed by atoms with E-state index in [4.69, 9.17) is 0 Å². The highest BCUT2D eigenvalue weighted by Crippen LogP contribution is 2.46. The lowest BCUT2D eigenvalue weighted by atomic mass is 9.62. The lowest BCUT2D eigenvalue weighted by molar-refractivity contribution is 0.0653. The number of hydrogen-bond donors (Lipinski definition) is 0. The summed E-state index contributed by atoms with van der Waals surface area (Å²) in [5.41, 5.74) is 0. The van der Waals surface area contributed by atoms with Gasteiger partial charge in [-0.3, -0.25) is 0 Å². The third-order valence-electron chi connectivity index (χ3n) is 5.46. The third kappa shape index (κ3) is 2.63. The first-order valence-electron chi connectivity index (χ1n) is 7.70. The highest BCUT2D eigenvalue weighted by molar-refractivity contribution is 4.86. The van der Waals surface area contributed by atoms with E-state index in [1.165, 1.54) is 51.4 Å². The van der Waals surface area contributed by atoms with Gasteiger partial charge in [0.1, 0.15) is 0 Å². The van der Waals surface area contributed by atoms with Crippen molar-refractivity contribution >= 4 is 0 Å². The van der Waals surface area contributed by atoms with Crippen molar-refractivity contribution in [1.29, 1.82) is 0 Å². The van der Waals surface area contributed by atoms with Crippen LogP contribution in [0.2, 0.25) is 0 Å². The van der Waals surface area contributed by atoms with Crippen molar-refractivity contribution < 1.29 is 0 Å². The van der Waals surface area contributed by atoms with Gasteiger partial charge in [0.15, 0.2) is 0 Å². The van der Waals surface area contributed by atoms with Gasteiger partial charge < -0.3 is 0 Å². The molecule has 0 saturated heterocycles. The largest absolute Gasteiger partial charge is 0.0625 e. The molecule has 0 aromatic rings. The lowest BCUT2D eigenvalue weighted by Crippen LogP contribution is -2.34. The Hall–Kier alpha value is 0. The second-order valence-electron chi connectivity index (χ2n) is 6.78. The molecule has 2 saturated carbocycles.